The minimum Gasteiger partial charge on any atom is -0.487 e. The van der Waals surface area contributed by atoms with E-state index in [9.17, 15) is 4.39 Å². The van der Waals surface area contributed by atoms with Crippen LogP contribution in [0.5, 0.6) is 5.75 Å². The molecular formula is C27H22ClFN6OS. The van der Waals surface area contributed by atoms with Crippen LogP contribution >= 0.6 is 22.9 Å². The first-order valence-electron chi connectivity index (χ1n) is 11.3. The first-order chi connectivity index (χ1) is 18.0. The molecule has 3 aromatic heterocycles. The van der Waals surface area contributed by atoms with Crippen LogP contribution in [0, 0.1) is 17.7 Å². The lowest BCUT2D eigenvalue weighted by atomic mass is 10.2. The molecule has 0 aliphatic rings. The number of nitrogens with zero attached hydrogens (tertiary/aromatic N) is 4. The SMILES string of the molecule is CC.Nc1ncc(C#Cc2cc3ncnc(Nc4ccc(OCc5cccc(F)c5)c(Cl)c4)c3s2)cn1. The Morgan fingerprint density at radius 2 is 1.84 bits per heavy atom. The Kier molecular flexibility index (Phi) is 8.46. The number of nitrogens with one attached hydrogen (secondary N) is 1. The van der Waals surface area contributed by atoms with E-state index in [1.54, 1.807) is 36.7 Å². The number of rotatable bonds is 5. The normalized spacial score (nSPS) is 10.2. The van der Waals surface area contributed by atoms with E-state index in [4.69, 9.17) is 22.1 Å². The van der Waals surface area contributed by atoms with Gasteiger partial charge in [-0.05, 0) is 42.0 Å². The van der Waals surface area contributed by atoms with Crippen LogP contribution in [0.4, 0.5) is 21.8 Å². The number of nitrogens with two attached hydrogens (primary N) is 1. The second-order valence-corrected chi connectivity index (χ2v) is 8.78. The van der Waals surface area contributed by atoms with Crippen molar-refractivity contribution in [1.82, 2.24) is 19.9 Å². The number of anilines is 3. The quantitative estimate of drug-likeness (QED) is 0.246. The van der Waals surface area contributed by atoms with Crippen molar-refractivity contribution in [1.29, 1.82) is 0 Å². The summed E-state index contributed by atoms with van der Waals surface area (Å²) in [5.41, 5.74) is 8.39. The standard InChI is InChI=1S/C25H16ClFN6OS.C2H6/c26-20-9-18(5-7-22(20)34-13-15-2-1-3-17(27)8-15)33-24-23-21(31-14-32-24)10-19(35-23)6-4-16-11-29-25(28)30-12-16;1-2/h1-3,5,7-12,14H,13H2,(H2,28,29,30)(H,31,32,33);1-2H3. The zero-order valence-electron chi connectivity index (χ0n) is 20.0. The predicted octanol–water partition coefficient (Wildman–Crippen LogP) is 6.60. The van der Waals surface area contributed by atoms with Crippen molar-refractivity contribution in [2.45, 2.75) is 20.5 Å². The van der Waals surface area contributed by atoms with Crippen LogP contribution < -0.4 is 15.8 Å². The first kappa shape index (κ1) is 25.8. The highest BCUT2D eigenvalue weighted by molar-refractivity contribution is 7.20. The molecule has 0 bridgehead atoms. The molecule has 2 aromatic carbocycles. The van der Waals surface area contributed by atoms with Gasteiger partial charge in [-0.25, -0.2) is 24.3 Å². The van der Waals surface area contributed by atoms with E-state index in [2.05, 4.69) is 37.1 Å². The Morgan fingerprint density at radius 3 is 2.59 bits per heavy atom. The van der Waals surface area contributed by atoms with Crippen LogP contribution in [-0.2, 0) is 6.61 Å². The van der Waals surface area contributed by atoms with Crippen molar-refractivity contribution < 1.29 is 9.13 Å². The maximum atomic E-state index is 13.4. The Morgan fingerprint density at radius 1 is 1.03 bits per heavy atom. The monoisotopic (exact) mass is 532 g/mol. The molecule has 5 aromatic rings. The van der Waals surface area contributed by atoms with Crippen LogP contribution in [0.1, 0.15) is 29.9 Å². The molecule has 0 amide bonds. The zero-order chi connectivity index (χ0) is 26.2. The molecule has 0 saturated heterocycles. The molecule has 0 spiro atoms. The molecule has 0 aliphatic carbocycles. The maximum absolute atomic E-state index is 13.4. The van der Waals surface area contributed by atoms with Gasteiger partial charge >= 0.3 is 0 Å². The van der Waals surface area contributed by atoms with Crippen LogP contribution in [0.25, 0.3) is 10.2 Å². The highest BCUT2D eigenvalue weighted by Gasteiger charge is 2.10. The van der Waals surface area contributed by atoms with E-state index in [0.29, 0.717) is 27.7 Å². The number of benzene rings is 2. The van der Waals surface area contributed by atoms with Gasteiger partial charge < -0.3 is 15.8 Å². The fourth-order valence-electron chi connectivity index (χ4n) is 3.16. The Hall–Kier alpha value is -4.26. The van der Waals surface area contributed by atoms with Crippen LogP contribution in [0.2, 0.25) is 5.02 Å². The van der Waals surface area contributed by atoms with Gasteiger partial charge in [0.15, 0.2) is 5.82 Å². The molecule has 10 heteroatoms. The number of hydrogen-bond donors (Lipinski definition) is 2. The van der Waals surface area contributed by atoms with Gasteiger partial charge in [-0.3, -0.25) is 0 Å². The minimum atomic E-state index is -0.310. The van der Waals surface area contributed by atoms with Crippen LogP contribution in [0.15, 0.2) is 67.3 Å². The van der Waals surface area contributed by atoms with E-state index in [-0.39, 0.29) is 18.4 Å². The van der Waals surface area contributed by atoms with Gasteiger partial charge in [-0.2, -0.15) is 0 Å². The number of nitrogen functional groups attached to an aromatic ring is 1. The van der Waals surface area contributed by atoms with Gasteiger partial charge in [0.25, 0.3) is 0 Å². The Balaban J connectivity index is 0.00000156. The van der Waals surface area contributed by atoms with Crippen molar-refractivity contribution in [3.05, 3.63) is 94.1 Å². The van der Waals surface area contributed by atoms with E-state index in [1.807, 2.05) is 26.0 Å². The average Bonchev–Trinajstić information content (AvgIpc) is 3.33. The number of aromatic nitrogens is 4. The van der Waals surface area contributed by atoms with E-state index < -0.39 is 0 Å². The first-order valence-corrected chi connectivity index (χ1v) is 12.5. The number of thiophene rings is 1. The molecule has 7 nitrogen and oxygen atoms in total. The molecular weight excluding hydrogens is 511 g/mol. The molecule has 0 radical (unpaired) electrons. The topological polar surface area (TPSA) is 98.8 Å². The third kappa shape index (κ3) is 6.70. The lowest BCUT2D eigenvalue weighted by Gasteiger charge is -2.11. The summed E-state index contributed by atoms with van der Waals surface area (Å²) < 4.78 is 20.0. The van der Waals surface area contributed by atoms with Crippen molar-refractivity contribution in [3.8, 4) is 17.6 Å². The summed E-state index contributed by atoms with van der Waals surface area (Å²) in [7, 11) is 0. The van der Waals surface area contributed by atoms with Crippen LogP contribution in [0.3, 0.4) is 0 Å². The predicted molar refractivity (Wildman–Crippen MR) is 147 cm³/mol. The Bertz CT molecular complexity index is 1580. The number of hydrogen-bond acceptors (Lipinski definition) is 8. The minimum absolute atomic E-state index is 0.203. The number of fused-ring (bicyclic) bond motifs is 1. The lowest BCUT2D eigenvalue weighted by Crippen LogP contribution is -1.98. The van der Waals surface area contributed by atoms with E-state index >= 15 is 0 Å². The summed E-state index contributed by atoms with van der Waals surface area (Å²) in [4.78, 5) is 17.4. The fourth-order valence-corrected chi connectivity index (χ4v) is 4.31. The third-order valence-corrected chi connectivity index (χ3v) is 6.13. The molecule has 0 atom stereocenters. The van der Waals surface area contributed by atoms with Crippen molar-refractivity contribution >= 4 is 50.6 Å². The van der Waals surface area contributed by atoms with Gasteiger partial charge in [0, 0.05) is 18.1 Å². The van der Waals surface area contributed by atoms with Crippen molar-refractivity contribution in [2.75, 3.05) is 11.1 Å². The summed E-state index contributed by atoms with van der Waals surface area (Å²) in [5, 5.41) is 3.69. The summed E-state index contributed by atoms with van der Waals surface area (Å²) in [6.07, 6.45) is 4.63. The molecule has 0 saturated carbocycles. The van der Waals surface area contributed by atoms with Gasteiger partial charge in [0.2, 0.25) is 5.95 Å². The van der Waals surface area contributed by atoms with Gasteiger partial charge in [0.05, 0.1) is 25.7 Å². The summed E-state index contributed by atoms with van der Waals surface area (Å²) >= 11 is 7.88. The van der Waals surface area contributed by atoms with Gasteiger partial charge in [0.1, 0.15) is 24.5 Å². The number of ether oxygens (including phenoxy) is 1. The highest BCUT2D eigenvalue weighted by atomic mass is 35.5. The molecule has 37 heavy (non-hydrogen) atoms. The second kappa shape index (κ2) is 12.1. The summed E-state index contributed by atoms with van der Waals surface area (Å²) in [6.45, 7) is 4.21. The van der Waals surface area contributed by atoms with Gasteiger partial charge in [-0.15, -0.1) is 11.3 Å². The zero-order valence-corrected chi connectivity index (χ0v) is 21.6. The van der Waals surface area contributed by atoms with Crippen LogP contribution in [-0.4, -0.2) is 19.9 Å². The molecule has 3 heterocycles. The Labute approximate surface area is 222 Å². The van der Waals surface area contributed by atoms with E-state index in [1.165, 1.54) is 29.8 Å². The summed E-state index contributed by atoms with van der Waals surface area (Å²) in [5.74, 6) is 7.14. The van der Waals surface area contributed by atoms with Crippen molar-refractivity contribution in [3.63, 3.8) is 0 Å². The molecule has 0 fully saturated rings. The summed E-state index contributed by atoms with van der Waals surface area (Å²) in [6, 6.07) is 13.5. The maximum Gasteiger partial charge on any atom is 0.219 e. The van der Waals surface area contributed by atoms with Gasteiger partial charge in [-0.1, -0.05) is 49.4 Å². The molecule has 0 unspecified atom stereocenters. The van der Waals surface area contributed by atoms with E-state index in [0.717, 1.165) is 20.8 Å². The second-order valence-electron chi connectivity index (χ2n) is 7.32. The smallest absolute Gasteiger partial charge is 0.219 e. The molecule has 0 aliphatic heterocycles. The molecule has 186 valence electrons. The largest absolute Gasteiger partial charge is 0.487 e. The fraction of sp³-hybridized carbons (Fsp3) is 0.111. The average molecular weight is 533 g/mol. The lowest BCUT2D eigenvalue weighted by molar-refractivity contribution is 0.306. The molecule has 3 N–H and O–H groups in total. The number of halogens is 2. The molecule has 5 rings (SSSR count). The van der Waals surface area contributed by atoms with Crippen molar-refractivity contribution in [2.24, 2.45) is 0 Å². The third-order valence-electron chi connectivity index (χ3n) is 4.79. The highest BCUT2D eigenvalue weighted by Crippen LogP contribution is 2.33.